The van der Waals surface area contributed by atoms with Gasteiger partial charge in [-0.25, -0.2) is 4.79 Å². The molecule has 0 spiro atoms. The molecule has 8 heteroatoms. The number of hydrogen-bond acceptors (Lipinski definition) is 7. The van der Waals surface area contributed by atoms with Crippen LogP contribution in [0.1, 0.15) is 34.6 Å². The highest BCUT2D eigenvalue weighted by molar-refractivity contribution is 5.81. The molecule has 0 unspecified atom stereocenters. The first-order valence-corrected chi connectivity index (χ1v) is 7.49. The van der Waals surface area contributed by atoms with Gasteiger partial charge in [0.2, 0.25) is 5.60 Å². The minimum absolute atomic E-state index is 0.110. The lowest BCUT2D eigenvalue weighted by Gasteiger charge is -2.24. The number of methoxy groups -OCH3 is 1. The highest BCUT2D eigenvalue weighted by Gasteiger charge is 2.32. The summed E-state index contributed by atoms with van der Waals surface area (Å²) in [6.45, 7) is 9.05. The molecule has 23 heavy (non-hydrogen) atoms. The second kappa shape index (κ2) is 12.8. The first kappa shape index (κ1) is 23.6. The van der Waals surface area contributed by atoms with E-state index in [-0.39, 0.29) is 13.2 Å². The standard InChI is InChI=1S/C13H23NO7.C2H6/c1-10(15)20-8-6-14(5-7-19-4)9-11(16)21-13(2,3)12(17)18;1-2/h5-9H2,1-4H3,(H,17,18);1-2H3. The van der Waals surface area contributed by atoms with Crippen molar-refractivity contribution >= 4 is 17.9 Å². The first-order valence-electron chi connectivity index (χ1n) is 7.49. The van der Waals surface area contributed by atoms with Gasteiger partial charge < -0.3 is 19.3 Å². The predicted octanol–water partition coefficient (Wildman–Crippen LogP) is 0.931. The molecule has 1 N–H and O–H groups in total. The first-order chi connectivity index (χ1) is 10.7. The molecule has 0 radical (unpaired) electrons. The number of carbonyl (C=O) groups excluding carboxylic acids is 2. The number of nitrogens with zero attached hydrogens (tertiary/aromatic N) is 1. The van der Waals surface area contributed by atoms with Crippen molar-refractivity contribution in [3.8, 4) is 0 Å². The maximum Gasteiger partial charge on any atom is 0.347 e. The Morgan fingerprint density at radius 2 is 1.61 bits per heavy atom. The molecule has 0 bridgehead atoms. The summed E-state index contributed by atoms with van der Waals surface area (Å²) >= 11 is 0. The largest absolute Gasteiger partial charge is 0.478 e. The second-order valence-electron chi connectivity index (χ2n) is 4.90. The fourth-order valence-electron chi connectivity index (χ4n) is 1.35. The SMILES string of the molecule is CC.COCCN(CCOC(C)=O)CC(=O)OC(C)(C)C(=O)O. The van der Waals surface area contributed by atoms with E-state index in [1.807, 2.05) is 13.8 Å². The molecule has 0 saturated heterocycles. The van der Waals surface area contributed by atoms with Crippen LogP contribution in [0.15, 0.2) is 0 Å². The summed E-state index contributed by atoms with van der Waals surface area (Å²) in [5.74, 6) is -2.29. The number of carboxylic acid groups (broad SMARTS) is 1. The topological polar surface area (TPSA) is 102 Å². The monoisotopic (exact) mass is 335 g/mol. The average molecular weight is 335 g/mol. The Morgan fingerprint density at radius 1 is 1.09 bits per heavy atom. The number of ether oxygens (including phenoxy) is 3. The third kappa shape index (κ3) is 12.5. The van der Waals surface area contributed by atoms with E-state index in [0.717, 1.165) is 0 Å². The van der Waals surface area contributed by atoms with Gasteiger partial charge in [0.15, 0.2) is 0 Å². The Bertz CT molecular complexity index is 369. The number of rotatable bonds is 10. The van der Waals surface area contributed by atoms with Crippen LogP contribution in [0.25, 0.3) is 0 Å². The highest BCUT2D eigenvalue weighted by atomic mass is 16.6. The van der Waals surface area contributed by atoms with Gasteiger partial charge in [-0.15, -0.1) is 0 Å². The normalized spacial score (nSPS) is 10.6. The van der Waals surface area contributed by atoms with Crippen molar-refractivity contribution in [1.29, 1.82) is 0 Å². The second-order valence-corrected chi connectivity index (χ2v) is 4.90. The lowest BCUT2D eigenvalue weighted by Crippen LogP contribution is -2.42. The lowest BCUT2D eigenvalue weighted by atomic mass is 10.1. The Morgan fingerprint density at radius 3 is 2.04 bits per heavy atom. The van der Waals surface area contributed by atoms with E-state index in [1.165, 1.54) is 27.9 Å². The fourth-order valence-corrected chi connectivity index (χ4v) is 1.35. The molecule has 0 aromatic rings. The van der Waals surface area contributed by atoms with Crippen LogP contribution < -0.4 is 0 Å². The predicted molar refractivity (Wildman–Crippen MR) is 84.1 cm³/mol. The Kier molecular flexibility index (Phi) is 13.2. The van der Waals surface area contributed by atoms with Crippen LogP contribution in [-0.4, -0.2) is 73.5 Å². The minimum atomic E-state index is -1.58. The summed E-state index contributed by atoms with van der Waals surface area (Å²) in [5, 5.41) is 8.90. The van der Waals surface area contributed by atoms with E-state index in [9.17, 15) is 14.4 Å². The summed E-state index contributed by atoms with van der Waals surface area (Å²) in [7, 11) is 1.52. The van der Waals surface area contributed by atoms with Gasteiger partial charge in [-0.05, 0) is 13.8 Å². The van der Waals surface area contributed by atoms with Gasteiger partial charge in [-0.2, -0.15) is 0 Å². The number of carbonyl (C=O) groups is 3. The Hall–Kier alpha value is -1.67. The van der Waals surface area contributed by atoms with Crippen LogP contribution in [0.2, 0.25) is 0 Å². The van der Waals surface area contributed by atoms with E-state index < -0.39 is 23.5 Å². The molecule has 0 saturated carbocycles. The van der Waals surface area contributed by atoms with Gasteiger partial charge in [0, 0.05) is 27.1 Å². The average Bonchev–Trinajstić information content (AvgIpc) is 2.45. The molecule has 0 aromatic carbocycles. The van der Waals surface area contributed by atoms with Crippen molar-refractivity contribution in [1.82, 2.24) is 4.90 Å². The summed E-state index contributed by atoms with van der Waals surface area (Å²) in [4.78, 5) is 35.0. The zero-order valence-electron chi connectivity index (χ0n) is 14.9. The quantitative estimate of drug-likeness (QED) is 0.588. The van der Waals surface area contributed by atoms with Crippen molar-refractivity contribution in [2.75, 3.05) is 40.0 Å². The van der Waals surface area contributed by atoms with Crippen molar-refractivity contribution < 1.29 is 33.7 Å². The lowest BCUT2D eigenvalue weighted by molar-refractivity contribution is -0.175. The molecular weight excluding hydrogens is 306 g/mol. The van der Waals surface area contributed by atoms with Crippen LogP contribution in [0.5, 0.6) is 0 Å². The molecule has 0 fully saturated rings. The van der Waals surface area contributed by atoms with Crippen LogP contribution in [0.4, 0.5) is 0 Å². The molecular formula is C15H29NO7. The van der Waals surface area contributed by atoms with E-state index in [0.29, 0.717) is 19.7 Å². The van der Waals surface area contributed by atoms with Crippen LogP contribution in [0.3, 0.4) is 0 Å². The zero-order valence-corrected chi connectivity index (χ0v) is 14.9. The van der Waals surface area contributed by atoms with Gasteiger partial charge in [0.25, 0.3) is 0 Å². The van der Waals surface area contributed by atoms with Gasteiger partial charge in [-0.1, -0.05) is 13.8 Å². The van der Waals surface area contributed by atoms with Crippen LogP contribution >= 0.6 is 0 Å². The van der Waals surface area contributed by atoms with Crippen molar-refractivity contribution in [3.63, 3.8) is 0 Å². The molecule has 0 atom stereocenters. The fraction of sp³-hybridized carbons (Fsp3) is 0.800. The summed E-state index contributed by atoms with van der Waals surface area (Å²) in [6.07, 6.45) is 0. The van der Waals surface area contributed by atoms with Crippen LogP contribution in [-0.2, 0) is 28.6 Å². The molecule has 8 nitrogen and oxygen atoms in total. The van der Waals surface area contributed by atoms with E-state index in [1.54, 1.807) is 4.90 Å². The van der Waals surface area contributed by atoms with Gasteiger partial charge >= 0.3 is 17.9 Å². The zero-order chi connectivity index (χ0) is 18.5. The molecule has 0 aliphatic rings. The number of esters is 2. The van der Waals surface area contributed by atoms with E-state index >= 15 is 0 Å². The summed E-state index contributed by atoms with van der Waals surface area (Å²) in [5.41, 5.74) is -1.58. The smallest absolute Gasteiger partial charge is 0.347 e. The third-order valence-corrected chi connectivity index (χ3v) is 2.56. The molecule has 0 heterocycles. The molecule has 0 amide bonds. The molecule has 0 aliphatic heterocycles. The number of aliphatic carboxylic acids is 1. The van der Waals surface area contributed by atoms with Crippen molar-refractivity contribution in [3.05, 3.63) is 0 Å². The highest BCUT2D eigenvalue weighted by Crippen LogP contribution is 2.09. The molecule has 0 aliphatic carbocycles. The van der Waals surface area contributed by atoms with E-state index in [4.69, 9.17) is 19.3 Å². The molecule has 136 valence electrons. The Balaban J connectivity index is 0. The van der Waals surface area contributed by atoms with Crippen LogP contribution in [0, 0.1) is 0 Å². The maximum atomic E-state index is 11.8. The third-order valence-electron chi connectivity index (χ3n) is 2.56. The van der Waals surface area contributed by atoms with Gasteiger partial charge in [0.1, 0.15) is 6.61 Å². The number of hydrogen-bond donors (Lipinski definition) is 1. The number of carboxylic acids is 1. The summed E-state index contributed by atoms with van der Waals surface area (Å²) in [6, 6.07) is 0. The molecule has 0 rings (SSSR count). The summed E-state index contributed by atoms with van der Waals surface area (Å²) < 4.78 is 14.6. The Labute approximate surface area is 137 Å². The van der Waals surface area contributed by atoms with Gasteiger partial charge in [-0.3, -0.25) is 14.5 Å². The van der Waals surface area contributed by atoms with E-state index in [2.05, 4.69) is 0 Å². The van der Waals surface area contributed by atoms with Gasteiger partial charge in [0.05, 0.1) is 13.2 Å². The molecule has 0 aromatic heterocycles. The van der Waals surface area contributed by atoms with Crippen molar-refractivity contribution in [2.45, 2.75) is 40.2 Å². The van der Waals surface area contributed by atoms with Crippen molar-refractivity contribution in [2.24, 2.45) is 0 Å². The maximum absolute atomic E-state index is 11.8. The minimum Gasteiger partial charge on any atom is -0.478 e.